The summed E-state index contributed by atoms with van der Waals surface area (Å²) in [6, 6.07) is 5.27. The van der Waals surface area contributed by atoms with Crippen LogP contribution in [0.25, 0.3) is 0 Å². The number of Topliss-reactive ketones (excluding diaryl/α,β-unsaturated/α-hetero) is 1. The molecule has 82 valence electrons. The highest BCUT2D eigenvalue weighted by atomic mass is 16.5. The monoisotopic (exact) mass is 217 g/mol. The van der Waals surface area contributed by atoms with E-state index >= 15 is 0 Å². The zero-order valence-corrected chi connectivity index (χ0v) is 8.84. The van der Waals surface area contributed by atoms with Gasteiger partial charge in [0.25, 0.3) is 0 Å². The summed E-state index contributed by atoms with van der Waals surface area (Å²) in [5.41, 5.74) is 0.481. The highest BCUT2D eigenvalue weighted by Crippen LogP contribution is 2.18. The lowest BCUT2D eigenvalue weighted by Crippen LogP contribution is -2.01. The molecular weight excluding hydrogens is 206 g/mol. The molecule has 16 heavy (non-hydrogen) atoms. The van der Waals surface area contributed by atoms with E-state index in [2.05, 4.69) is 4.98 Å². The summed E-state index contributed by atoms with van der Waals surface area (Å²) < 4.78 is 10.6. The molecule has 0 aliphatic heterocycles. The molecule has 0 aliphatic carbocycles. The van der Waals surface area contributed by atoms with Gasteiger partial charge in [-0.3, -0.25) is 9.78 Å². The Hall–Kier alpha value is -2.10. The Labute approximate surface area is 92.9 Å². The van der Waals surface area contributed by atoms with Gasteiger partial charge in [0.05, 0.1) is 11.8 Å². The van der Waals surface area contributed by atoms with Gasteiger partial charge in [-0.1, -0.05) is 0 Å². The largest absolute Gasteiger partial charge is 0.485 e. The third kappa shape index (κ3) is 2.28. The van der Waals surface area contributed by atoms with Crippen molar-refractivity contribution >= 4 is 5.78 Å². The number of hydrogen-bond donors (Lipinski definition) is 0. The quantitative estimate of drug-likeness (QED) is 0.738. The molecule has 0 atom stereocenters. The fourth-order valence-electron chi connectivity index (χ4n) is 1.32. The van der Waals surface area contributed by atoms with Gasteiger partial charge >= 0.3 is 0 Å². The maximum absolute atomic E-state index is 11.3. The first-order valence-electron chi connectivity index (χ1n) is 4.87. The second kappa shape index (κ2) is 4.61. The molecule has 0 unspecified atom stereocenters. The van der Waals surface area contributed by atoms with Crippen LogP contribution >= 0.6 is 0 Å². The third-order valence-corrected chi connectivity index (χ3v) is 2.11. The molecule has 0 bridgehead atoms. The van der Waals surface area contributed by atoms with Crippen LogP contribution in [0.4, 0.5) is 0 Å². The minimum Gasteiger partial charge on any atom is -0.485 e. The first-order valence-corrected chi connectivity index (χ1v) is 4.87. The maximum atomic E-state index is 11.3. The van der Waals surface area contributed by atoms with Gasteiger partial charge < -0.3 is 9.15 Å². The summed E-state index contributed by atoms with van der Waals surface area (Å²) in [6.07, 6.45) is 4.67. The van der Waals surface area contributed by atoms with Crippen LogP contribution in [0.15, 0.2) is 41.3 Å². The lowest BCUT2D eigenvalue weighted by atomic mass is 10.2. The number of pyridine rings is 1. The molecule has 0 radical (unpaired) electrons. The number of rotatable bonds is 4. The van der Waals surface area contributed by atoms with E-state index in [1.165, 1.54) is 13.1 Å². The molecule has 4 heteroatoms. The fraction of sp³-hybridized carbons (Fsp3) is 0.167. The zero-order valence-electron chi connectivity index (χ0n) is 8.84. The van der Waals surface area contributed by atoms with Crippen molar-refractivity contribution in [1.82, 2.24) is 4.98 Å². The van der Waals surface area contributed by atoms with Crippen molar-refractivity contribution in [3.05, 3.63) is 48.2 Å². The molecule has 0 aliphatic rings. The average Bonchev–Trinajstić information content (AvgIpc) is 2.79. The zero-order chi connectivity index (χ0) is 11.4. The third-order valence-electron chi connectivity index (χ3n) is 2.11. The predicted octanol–water partition coefficient (Wildman–Crippen LogP) is 2.46. The Kier molecular flexibility index (Phi) is 3.00. The van der Waals surface area contributed by atoms with E-state index in [-0.39, 0.29) is 5.78 Å². The number of nitrogens with zero attached hydrogens (tertiary/aromatic N) is 1. The van der Waals surface area contributed by atoms with Crippen LogP contribution < -0.4 is 4.74 Å². The Bertz CT molecular complexity index is 477. The van der Waals surface area contributed by atoms with Gasteiger partial charge in [0.1, 0.15) is 18.1 Å². The van der Waals surface area contributed by atoms with Gasteiger partial charge in [-0.25, -0.2) is 0 Å². The van der Waals surface area contributed by atoms with Crippen molar-refractivity contribution in [1.29, 1.82) is 0 Å². The Morgan fingerprint density at radius 3 is 3.06 bits per heavy atom. The fourth-order valence-corrected chi connectivity index (χ4v) is 1.32. The molecule has 0 amide bonds. The summed E-state index contributed by atoms with van der Waals surface area (Å²) in [6.45, 7) is 1.79. The number of hydrogen-bond acceptors (Lipinski definition) is 4. The van der Waals surface area contributed by atoms with Crippen LogP contribution in [-0.4, -0.2) is 10.8 Å². The molecule has 2 aromatic heterocycles. The van der Waals surface area contributed by atoms with Crippen molar-refractivity contribution < 1.29 is 13.9 Å². The van der Waals surface area contributed by atoms with Crippen LogP contribution in [0.2, 0.25) is 0 Å². The second-order valence-electron chi connectivity index (χ2n) is 3.30. The van der Waals surface area contributed by atoms with Gasteiger partial charge in [0, 0.05) is 12.4 Å². The van der Waals surface area contributed by atoms with Crippen molar-refractivity contribution in [2.75, 3.05) is 0 Å². The molecule has 2 aromatic rings. The van der Waals surface area contributed by atoms with Crippen molar-refractivity contribution in [3.8, 4) is 5.75 Å². The van der Waals surface area contributed by atoms with Crippen LogP contribution in [0.5, 0.6) is 5.75 Å². The number of aromatic nitrogens is 1. The van der Waals surface area contributed by atoms with Gasteiger partial charge in [-0.2, -0.15) is 0 Å². The highest BCUT2D eigenvalue weighted by Gasteiger charge is 2.08. The average molecular weight is 217 g/mol. The molecule has 0 spiro atoms. The van der Waals surface area contributed by atoms with E-state index in [1.807, 2.05) is 6.07 Å². The first kappa shape index (κ1) is 10.4. The van der Waals surface area contributed by atoms with Crippen LogP contribution in [-0.2, 0) is 6.61 Å². The van der Waals surface area contributed by atoms with E-state index < -0.39 is 0 Å². The molecule has 0 N–H and O–H groups in total. The normalized spacial score (nSPS) is 10.1. The van der Waals surface area contributed by atoms with Crippen molar-refractivity contribution in [2.45, 2.75) is 13.5 Å². The molecule has 2 rings (SSSR count). The number of ketones is 1. The summed E-state index contributed by atoms with van der Waals surface area (Å²) in [4.78, 5) is 15.2. The predicted molar refractivity (Wildman–Crippen MR) is 57.3 cm³/mol. The summed E-state index contributed by atoms with van der Waals surface area (Å²) in [5.74, 6) is 1.17. The Morgan fingerprint density at radius 2 is 2.38 bits per heavy atom. The standard InChI is InChI=1S/C12H11NO3/c1-9(14)11-7-13-5-4-12(11)16-8-10-3-2-6-15-10/h2-7H,8H2,1H3. The molecule has 0 aromatic carbocycles. The molecule has 0 fully saturated rings. The summed E-state index contributed by atoms with van der Waals surface area (Å²) in [7, 11) is 0. The number of carbonyl (C=O) groups is 1. The van der Waals surface area contributed by atoms with Gasteiger partial charge in [-0.05, 0) is 25.1 Å². The lowest BCUT2D eigenvalue weighted by molar-refractivity contribution is 0.101. The van der Waals surface area contributed by atoms with Crippen LogP contribution in [0.3, 0.4) is 0 Å². The molecule has 0 saturated carbocycles. The second-order valence-corrected chi connectivity index (χ2v) is 3.30. The van der Waals surface area contributed by atoms with E-state index in [4.69, 9.17) is 9.15 Å². The van der Waals surface area contributed by atoms with Crippen molar-refractivity contribution in [3.63, 3.8) is 0 Å². The van der Waals surface area contributed by atoms with Crippen LogP contribution in [0, 0.1) is 0 Å². The highest BCUT2D eigenvalue weighted by molar-refractivity contribution is 5.96. The molecule has 2 heterocycles. The Balaban J connectivity index is 2.12. The van der Waals surface area contributed by atoms with Crippen molar-refractivity contribution in [2.24, 2.45) is 0 Å². The van der Waals surface area contributed by atoms with Crippen LogP contribution in [0.1, 0.15) is 23.0 Å². The smallest absolute Gasteiger partial charge is 0.165 e. The first-order chi connectivity index (χ1) is 7.77. The SMILES string of the molecule is CC(=O)c1cnccc1OCc1ccco1. The molecule has 0 saturated heterocycles. The molecule has 4 nitrogen and oxygen atoms in total. The number of carbonyl (C=O) groups excluding carboxylic acids is 1. The minimum atomic E-state index is -0.0671. The lowest BCUT2D eigenvalue weighted by Gasteiger charge is -2.07. The van der Waals surface area contributed by atoms with Gasteiger partial charge in [-0.15, -0.1) is 0 Å². The van der Waals surface area contributed by atoms with E-state index in [0.29, 0.717) is 23.7 Å². The maximum Gasteiger partial charge on any atom is 0.165 e. The summed E-state index contributed by atoms with van der Waals surface area (Å²) >= 11 is 0. The van der Waals surface area contributed by atoms with E-state index in [1.54, 1.807) is 24.6 Å². The van der Waals surface area contributed by atoms with E-state index in [9.17, 15) is 4.79 Å². The minimum absolute atomic E-state index is 0.0671. The number of ether oxygens (including phenoxy) is 1. The molecular formula is C12H11NO3. The van der Waals surface area contributed by atoms with Gasteiger partial charge in [0.15, 0.2) is 5.78 Å². The Morgan fingerprint density at radius 1 is 1.50 bits per heavy atom. The summed E-state index contributed by atoms with van der Waals surface area (Å²) in [5, 5.41) is 0. The van der Waals surface area contributed by atoms with Gasteiger partial charge in [0.2, 0.25) is 0 Å². The van der Waals surface area contributed by atoms with E-state index in [0.717, 1.165) is 0 Å². The number of furan rings is 1. The topological polar surface area (TPSA) is 52.3 Å².